The predicted molar refractivity (Wildman–Crippen MR) is 72.0 cm³/mol. The monoisotopic (exact) mass is 328 g/mol. The summed E-state index contributed by atoms with van der Waals surface area (Å²) in [5.41, 5.74) is 5.90. The van der Waals surface area contributed by atoms with Gasteiger partial charge in [-0.1, -0.05) is 19.9 Å². The molecule has 0 aromatic carbocycles. The number of hydroxylamine groups is 2. The molecule has 0 unspecified atom stereocenters. The van der Waals surface area contributed by atoms with E-state index in [0.717, 1.165) is 4.90 Å². The third-order valence-corrected chi connectivity index (χ3v) is 3.64. The Balaban J connectivity index is 0.00000220. The van der Waals surface area contributed by atoms with E-state index in [-0.39, 0.29) is 42.0 Å². The number of urea groups is 1. The third-order valence-electron chi connectivity index (χ3n) is 3.29. The van der Waals surface area contributed by atoms with Crippen molar-refractivity contribution >= 4 is 51.9 Å². The first-order chi connectivity index (χ1) is 9.11. The van der Waals surface area contributed by atoms with Crippen LogP contribution in [-0.4, -0.2) is 83.1 Å². The van der Waals surface area contributed by atoms with E-state index in [1.165, 1.54) is 6.08 Å². The van der Waals surface area contributed by atoms with Crippen molar-refractivity contribution in [2.75, 3.05) is 6.54 Å². The average molecular weight is 328 g/mol. The van der Waals surface area contributed by atoms with Gasteiger partial charge in [-0.05, 0) is 11.5 Å². The summed E-state index contributed by atoms with van der Waals surface area (Å²) in [6.07, 6.45) is 1.53. The molecule has 2 heterocycles. The van der Waals surface area contributed by atoms with Crippen LogP contribution in [0.2, 0.25) is 0 Å². The summed E-state index contributed by atoms with van der Waals surface area (Å²) in [5.74, 6) is -0.772. The van der Waals surface area contributed by atoms with Crippen molar-refractivity contribution in [3.8, 4) is 0 Å². The summed E-state index contributed by atoms with van der Waals surface area (Å²) >= 11 is 0. The molecule has 2 aliphatic rings. The molecule has 0 aliphatic carbocycles. The molecule has 1 saturated heterocycles. The number of hydrogen-bond donors (Lipinski definition) is 2. The van der Waals surface area contributed by atoms with Gasteiger partial charge in [0, 0.05) is 29.6 Å². The number of fused-ring (bicyclic) bond motifs is 2. The van der Waals surface area contributed by atoms with Crippen LogP contribution in [0, 0.1) is 5.92 Å². The van der Waals surface area contributed by atoms with Crippen LogP contribution in [0.15, 0.2) is 11.6 Å². The van der Waals surface area contributed by atoms with Gasteiger partial charge < -0.3 is 10.6 Å². The molecule has 9 nitrogen and oxygen atoms in total. The Labute approximate surface area is 144 Å². The number of hydrogen-bond acceptors (Lipinski definition) is 5. The predicted octanol–water partition coefficient (Wildman–Crippen LogP) is -1.10. The quantitative estimate of drug-likeness (QED) is 0.382. The molecule has 11 heteroatoms. The zero-order valence-electron chi connectivity index (χ0n) is 11.9. The summed E-state index contributed by atoms with van der Waals surface area (Å²) in [6, 6.07) is -2.46. The zero-order chi connectivity index (χ0) is 15.2. The van der Waals surface area contributed by atoms with Gasteiger partial charge in [0.15, 0.2) is 0 Å². The van der Waals surface area contributed by atoms with Crippen LogP contribution in [0.1, 0.15) is 13.8 Å². The summed E-state index contributed by atoms with van der Waals surface area (Å²) in [6.45, 7) is 3.73. The topological polar surface area (TPSA) is 130 Å². The van der Waals surface area contributed by atoms with Crippen LogP contribution in [0.3, 0.4) is 0 Å². The van der Waals surface area contributed by atoms with Crippen LogP contribution < -0.4 is 5.73 Å². The molecule has 0 saturated carbocycles. The zero-order valence-corrected chi connectivity index (χ0v) is 14.7. The van der Waals surface area contributed by atoms with Gasteiger partial charge in [0.05, 0.1) is 6.54 Å². The summed E-state index contributed by atoms with van der Waals surface area (Å²) < 4.78 is 34.7. The molecule has 21 heavy (non-hydrogen) atoms. The van der Waals surface area contributed by atoms with Gasteiger partial charge in [0.1, 0.15) is 12.1 Å². The van der Waals surface area contributed by atoms with Crippen LogP contribution in [0.5, 0.6) is 0 Å². The fourth-order valence-electron chi connectivity index (χ4n) is 2.45. The molecule has 1 fully saturated rings. The van der Waals surface area contributed by atoms with E-state index >= 15 is 0 Å². The molecule has 3 N–H and O–H groups in total. The van der Waals surface area contributed by atoms with E-state index in [4.69, 9.17) is 10.3 Å². The van der Waals surface area contributed by atoms with Crippen LogP contribution in [0.4, 0.5) is 4.79 Å². The van der Waals surface area contributed by atoms with Crippen molar-refractivity contribution in [2.45, 2.75) is 25.9 Å². The maximum Gasteiger partial charge on any atom is 0.418 e. The number of carbonyl (C=O) groups excluding carboxylic acids is 2. The van der Waals surface area contributed by atoms with Gasteiger partial charge in [-0.15, -0.1) is 4.28 Å². The largest absolute Gasteiger partial charge is 0.418 e. The van der Waals surface area contributed by atoms with E-state index < -0.39 is 34.4 Å². The third kappa shape index (κ3) is 3.58. The number of primary amides is 1. The minimum absolute atomic E-state index is 0. The average Bonchev–Trinajstić information content (AvgIpc) is 2.53. The van der Waals surface area contributed by atoms with E-state index in [2.05, 4.69) is 4.28 Å². The first kappa shape index (κ1) is 18.4. The number of amides is 3. The smallest absolute Gasteiger partial charge is 0.368 e. The van der Waals surface area contributed by atoms with Crippen molar-refractivity contribution in [3.05, 3.63) is 11.6 Å². The van der Waals surface area contributed by atoms with Gasteiger partial charge in [-0.2, -0.15) is 13.5 Å². The standard InChI is InChI=1S/C10H15N3O6S.Na/c1-5(2)6-3-7(9(11)14)12-4-8(6)13(10(12)15)19-20(16,17)18;/h3,5,7-8H,4H2,1-2H3,(H2,11,14)(H,16,17,18);/t7-,8-;/m0./s1. The van der Waals surface area contributed by atoms with Gasteiger partial charge in [0.25, 0.3) is 0 Å². The van der Waals surface area contributed by atoms with Crippen LogP contribution in [-0.2, 0) is 19.5 Å². The SMILES string of the molecule is CC(C)C1=C[C@@H](C(N)=O)N2C[C@@H]1N(OS(=O)(=O)O)C2=O.[Na]. The van der Waals surface area contributed by atoms with E-state index in [1.807, 2.05) is 13.8 Å². The van der Waals surface area contributed by atoms with Gasteiger partial charge in [0.2, 0.25) is 5.91 Å². The molecular formula is C10H15N3NaO6S. The Morgan fingerprint density at radius 1 is 1.52 bits per heavy atom. The second-order valence-electron chi connectivity index (χ2n) is 4.95. The maximum absolute atomic E-state index is 12.1. The Morgan fingerprint density at radius 3 is 2.52 bits per heavy atom. The summed E-state index contributed by atoms with van der Waals surface area (Å²) in [7, 11) is -4.83. The minimum Gasteiger partial charge on any atom is -0.368 e. The fraction of sp³-hybridized carbons (Fsp3) is 0.600. The van der Waals surface area contributed by atoms with Crippen LogP contribution >= 0.6 is 0 Å². The molecule has 2 rings (SSSR count). The van der Waals surface area contributed by atoms with E-state index in [9.17, 15) is 18.0 Å². The van der Waals surface area contributed by atoms with Gasteiger partial charge >= 0.3 is 16.4 Å². The molecule has 113 valence electrons. The van der Waals surface area contributed by atoms with Crippen molar-refractivity contribution in [2.24, 2.45) is 11.7 Å². The van der Waals surface area contributed by atoms with E-state index in [0.29, 0.717) is 10.6 Å². The molecular weight excluding hydrogens is 313 g/mol. The Bertz CT molecular complexity index is 590. The van der Waals surface area contributed by atoms with Gasteiger partial charge in [-0.3, -0.25) is 9.35 Å². The maximum atomic E-state index is 12.1. The molecule has 0 aromatic rings. The fourth-order valence-corrected chi connectivity index (χ4v) is 2.82. The Hall–Kier alpha value is -0.650. The number of nitrogens with zero attached hydrogens (tertiary/aromatic N) is 2. The second kappa shape index (κ2) is 6.23. The Morgan fingerprint density at radius 2 is 2.10 bits per heavy atom. The van der Waals surface area contributed by atoms with Crippen LogP contribution in [0.25, 0.3) is 0 Å². The van der Waals surface area contributed by atoms with E-state index in [1.54, 1.807) is 0 Å². The number of carbonyl (C=O) groups is 2. The number of rotatable bonds is 4. The molecule has 2 bridgehead atoms. The van der Waals surface area contributed by atoms with Crippen molar-refractivity contribution in [1.82, 2.24) is 9.96 Å². The van der Waals surface area contributed by atoms with Crippen molar-refractivity contribution in [1.29, 1.82) is 0 Å². The second-order valence-corrected chi connectivity index (χ2v) is 5.95. The first-order valence-corrected chi connectivity index (χ1v) is 7.26. The normalized spacial score (nSPS) is 25.0. The minimum atomic E-state index is -4.83. The molecule has 0 spiro atoms. The molecule has 0 aromatic heterocycles. The molecule has 2 aliphatic heterocycles. The molecule has 1 radical (unpaired) electrons. The summed E-state index contributed by atoms with van der Waals surface area (Å²) in [5, 5.41) is 0.560. The summed E-state index contributed by atoms with van der Waals surface area (Å²) in [4.78, 5) is 24.6. The molecule has 2 atom stereocenters. The molecule has 3 amide bonds. The van der Waals surface area contributed by atoms with Gasteiger partial charge in [-0.25, -0.2) is 4.79 Å². The number of nitrogens with two attached hydrogens (primary N) is 1. The van der Waals surface area contributed by atoms with Crippen molar-refractivity contribution in [3.63, 3.8) is 0 Å². The first-order valence-electron chi connectivity index (χ1n) is 5.89. The van der Waals surface area contributed by atoms with Crippen molar-refractivity contribution < 1.29 is 26.8 Å². The Kier molecular flexibility index (Phi) is 5.45.